The molecule has 1 N–H and O–H groups in total. The first kappa shape index (κ1) is 18.8. The predicted octanol–water partition coefficient (Wildman–Crippen LogP) is 4.47. The summed E-state index contributed by atoms with van der Waals surface area (Å²) in [5, 5.41) is 5.24. The van der Waals surface area contributed by atoms with Gasteiger partial charge in [0.25, 0.3) is 0 Å². The smallest absolute Gasteiger partial charge is 0.341 e. The summed E-state index contributed by atoms with van der Waals surface area (Å²) in [5.41, 5.74) is 1.52. The van der Waals surface area contributed by atoms with E-state index < -0.39 is 0 Å². The Morgan fingerprint density at radius 3 is 2.73 bits per heavy atom. The maximum atomic E-state index is 12.4. The van der Waals surface area contributed by atoms with Gasteiger partial charge in [0.1, 0.15) is 5.00 Å². The molecule has 0 aliphatic heterocycles. The lowest BCUT2D eigenvalue weighted by Crippen LogP contribution is -2.16. The summed E-state index contributed by atoms with van der Waals surface area (Å²) >= 11 is 2.84. The number of thiophene rings is 2. The Kier molecular flexibility index (Phi) is 6.21. The van der Waals surface area contributed by atoms with Gasteiger partial charge in [0.05, 0.1) is 17.0 Å². The Morgan fingerprint density at radius 2 is 2.00 bits per heavy atom. The largest absolute Gasteiger partial charge is 0.462 e. The van der Waals surface area contributed by atoms with Crippen molar-refractivity contribution in [2.45, 2.75) is 45.4 Å². The van der Waals surface area contributed by atoms with Crippen LogP contribution in [0.2, 0.25) is 0 Å². The lowest BCUT2D eigenvalue weighted by molar-refractivity contribution is -0.116. The van der Waals surface area contributed by atoms with Crippen LogP contribution in [0.25, 0.3) is 0 Å². The van der Waals surface area contributed by atoms with Crippen LogP contribution in [0, 0.1) is 0 Å². The monoisotopic (exact) mass is 391 g/mol. The van der Waals surface area contributed by atoms with Crippen molar-refractivity contribution in [2.24, 2.45) is 0 Å². The molecule has 1 aliphatic rings. The molecule has 0 radical (unpaired) electrons. The molecule has 3 rings (SSSR count). The van der Waals surface area contributed by atoms with Crippen LogP contribution >= 0.6 is 22.7 Å². The van der Waals surface area contributed by atoms with E-state index in [2.05, 4.69) is 5.32 Å². The number of hydrogen-bond donors (Lipinski definition) is 1. The molecular weight excluding hydrogens is 370 g/mol. The summed E-state index contributed by atoms with van der Waals surface area (Å²) in [6, 6.07) is 3.58. The van der Waals surface area contributed by atoms with Gasteiger partial charge in [-0.25, -0.2) is 4.79 Å². The van der Waals surface area contributed by atoms with Gasteiger partial charge in [-0.05, 0) is 49.6 Å². The van der Waals surface area contributed by atoms with Gasteiger partial charge in [0.2, 0.25) is 5.91 Å². The predicted molar refractivity (Wildman–Crippen MR) is 103 cm³/mol. The van der Waals surface area contributed by atoms with Crippen molar-refractivity contribution in [1.29, 1.82) is 0 Å². The molecule has 2 heterocycles. The first-order valence-electron chi connectivity index (χ1n) is 8.78. The molecule has 0 atom stereocenters. The van der Waals surface area contributed by atoms with Crippen LogP contribution in [0.15, 0.2) is 17.5 Å². The minimum atomic E-state index is -0.378. The van der Waals surface area contributed by atoms with Gasteiger partial charge >= 0.3 is 5.97 Å². The Balaban J connectivity index is 1.70. The minimum absolute atomic E-state index is 0.0359. The second-order valence-corrected chi connectivity index (χ2v) is 8.14. The second kappa shape index (κ2) is 8.60. The highest BCUT2D eigenvalue weighted by molar-refractivity contribution is 7.17. The SMILES string of the molecule is CCOC(=O)c1c(NC(=O)CCC(=O)c2cccs2)sc2c1CCCC2. The fourth-order valence-electron chi connectivity index (χ4n) is 3.05. The maximum absolute atomic E-state index is 12.4. The molecule has 0 fully saturated rings. The van der Waals surface area contributed by atoms with E-state index in [0.717, 1.165) is 36.1 Å². The number of nitrogens with one attached hydrogen (secondary N) is 1. The van der Waals surface area contributed by atoms with Crippen LogP contribution in [-0.2, 0) is 22.4 Å². The third kappa shape index (κ3) is 4.22. The number of ether oxygens (including phenoxy) is 1. The number of carbonyl (C=O) groups excluding carboxylic acids is 3. The van der Waals surface area contributed by atoms with E-state index in [1.807, 2.05) is 11.4 Å². The maximum Gasteiger partial charge on any atom is 0.341 e. The molecule has 1 amide bonds. The molecule has 26 heavy (non-hydrogen) atoms. The van der Waals surface area contributed by atoms with Crippen LogP contribution in [-0.4, -0.2) is 24.3 Å². The summed E-state index contributed by atoms with van der Waals surface area (Å²) < 4.78 is 5.19. The second-order valence-electron chi connectivity index (χ2n) is 6.08. The molecular formula is C19H21NO4S2. The number of ketones is 1. The summed E-state index contributed by atoms with van der Waals surface area (Å²) in [6.45, 7) is 2.07. The lowest BCUT2D eigenvalue weighted by Gasteiger charge is -2.12. The number of Topliss-reactive ketones (excluding diaryl/α,β-unsaturated/α-hetero) is 1. The van der Waals surface area contributed by atoms with Gasteiger partial charge in [-0.3, -0.25) is 9.59 Å². The van der Waals surface area contributed by atoms with Crippen molar-refractivity contribution >= 4 is 45.3 Å². The highest BCUT2D eigenvalue weighted by Crippen LogP contribution is 2.38. The summed E-state index contributed by atoms with van der Waals surface area (Å²) in [6.07, 6.45) is 4.16. The Labute approximate surface area is 160 Å². The number of amides is 1. The van der Waals surface area contributed by atoms with E-state index in [9.17, 15) is 14.4 Å². The van der Waals surface area contributed by atoms with Crippen LogP contribution in [0.4, 0.5) is 5.00 Å². The van der Waals surface area contributed by atoms with E-state index in [0.29, 0.717) is 22.0 Å². The molecule has 0 aromatic carbocycles. The number of esters is 1. The van der Waals surface area contributed by atoms with Crippen molar-refractivity contribution in [3.63, 3.8) is 0 Å². The normalized spacial score (nSPS) is 13.1. The molecule has 2 aromatic rings. The zero-order valence-electron chi connectivity index (χ0n) is 14.6. The topological polar surface area (TPSA) is 72.5 Å². The first-order chi connectivity index (χ1) is 12.6. The van der Waals surface area contributed by atoms with Gasteiger partial charge in [0, 0.05) is 17.7 Å². The van der Waals surface area contributed by atoms with E-state index in [1.54, 1.807) is 13.0 Å². The van der Waals surface area contributed by atoms with Crippen molar-refractivity contribution in [3.05, 3.63) is 38.4 Å². The standard InChI is InChI=1S/C19H21NO4S2/c1-2-24-19(23)17-12-6-3-4-7-14(12)26-18(17)20-16(22)10-9-13(21)15-8-5-11-25-15/h5,8,11H,2-4,6-7,9-10H2,1H3,(H,20,22). The molecule has 138 valence electrons. The molecule has 5 nitrogen and oxygen atoms in total. The van der Waals surface area contributed by atoms with Crippen molar-refractivity contribution in [2.75, 3.05) is 11.9 Å². The average Bonchev–Trinajstić information content (AvgIpc) is 3.27. The molecule has 0 saturated carbocycles. The summed E-state index contributed by atoms with van der Waals surface area (Å²) in [7, 11) is 0. The van der Waals surface area contributed by atoms with Gasteiger partial charge in [-0.2, -0.15) is 0 Å². The van der Waals surface area contributed by atoms with Gasteiger partial charge in [-0.15, -0.1) is 22.7 Å². The number of fused-ring (bicyclic) bond motifs is 1. The minimum Gasteiger partial charge on any atom is -0.462 e. The van der Waals surface area contributed by atoms with Crippen LogP contribution < -0.4 is 5.32 Å². The zero-order valence-corrected chi connectivity index (χ0v) is 16.3. The van der Waals surface area contributed by atoms with Gasteiger partial charge < -0.3 is 10.1 Å². The van der Waals surface area contributed by atoms with Crippen molar-refractivity contribution < 1.29 is 19.1 Å². The van der Waals surface area contributed by atoms with Crippen LogP contribution in [0.1, 0.15) is 63.1 Å². The first-order valence-corrected chi connectivity index (χ1v) is 10.5. The summed E-state index contributed by atoms with van der Waals surface area (Å²) in [4.78, 5) is 38.6. The van der Waals surface area contributed by atoms with Crippen molar-refractivity contribution in [1.82, 2.24) is 0 Å². The highest BCUT2D eigenvalue weighted by atomic mass is 32.1. The Morgan fingerprint density at radius 1 is 1.19 bits per heavy atom. The third-order valence-corrected chi connectivity index (χ3v) is 6.40. The molecule has 2 aromatic heterocycles. The average molecular weight is 392 g/mol. The van der Waals surface area contributed by atoms with Crippen LogP contribution in [0.5, 0.6) is 0 Å². The molecule has 7 heteroatoms. The molecule has 0 saturated heterocycles. The van der Waals surface area contributed by atoms with E-state index in [1.165, 1.54) is 22.7 Å². The van der Waals surface area contributed by atoms with E-state index >= 15 is 0 Å². The van der Waals surface area contributed by atoms with Crippen LogP contribution in [0.3, 0.4) is 0 Å². The molecule has 0 bridgehead atoms. The zero-order chi connectivity index (χ0) is 18.5. The van der Waals surface area contributed by atoms with Gasteiger partial charge in [-0.1, -0.05) is 6.07 Å². The number of aryl methyl sites for hydroxylation is 1. The Bertz CT molecular complexity index is 808. The number of rotatable bonds is 7. The fourth-order valence-corrected chi connectivity index (χ4v) is 5.04. The number of carbonyl (C=O) groups is 3. The number of hydrogen-bond acceptors (Lipinski definition) is 6. The molecule has 1 aliphatic carbocycles. The highest BCUT2D eigenvalue weighted by Gasteiger charge is 2.27. The third-order valence-electron chi connectivity index (χ3n) is 4.28. The van der Waals surface area contributed by atoms with E-state index in [-0.39, 0.29) is 30.5 Å². The molecule has 0 spiro atoms. The lowest BCUT2D eigenvalue weighted by atomic mass is 9.95. The quantitative estimate of drug-likeness (QED) is 0.558. The Hall–Kier alpha value is -1.99. The van der Waals surface area contributed by atoms with Crippen molar-refractivity contribution in [3.8, 4) is 0 Å². The van der Waals surface area contributed by atoms with Gasteiger partial charge in [0.15, 0.2) is 5.78 Å². The van der Waals surface area contributed by atoms with E-state index in [4.69, 9.17) is 4.74 Å². The summed E-state index contributed by atoms with van der Waals surface area (Å²) in [5.74, 6) is -0.665. The molecule has 0 unspecified atom stereocenters. The fraction of sp³-hybridized carbons (Fsp3) is 0.421. The number of anilines is 1.